The number of hydrazine groups is 1. The summed E-state index contributed by atoms with van der Waals surface area (Å²) in [6, 6.07) is 20.9. The first kappa shape index (κ1) is 27.6. The van der Waals surface area contributed by atoms with Crippen LogP contribution in [0, 0.1) is 0 Å². The minimum atomic E-state index is -0.486. The van der Waals surface area contributed by atoms with Gasteiger partial charge in [0, 0.05) is 27.9 Å². The lowest BCUT2D eigenvalue weighted by Crippen LogP contribution is -2.48. The number of carbonyl (C=O) groups is 3. The molecule has 7 nitrogen and oxygen atoms in total. The summed E-state index contributed by atoms with van der Waals surface area (Å²) < 4.78 is 0. The van der Waals surface area contributed by atoms with Crippen LogP contribution in [-0.4, -0.2) is 22.8 Å². The van der Waals surface area contributed by atoms with E-state index in [0.717, 1.165) is 5.56 Å². The van der Waals surface area contributed by atoms with E-state index in [4.69, 9.17) is 23.8 Å². The third kappa shape index (κ3) is 8.27. The van der Waals surface area contributed by atoms with Crippen LogP contribution in [0.5, 0.6) is 0 Å². The van der Waals surface area contributed by atoms with E-state index in [1.165, 1.54) is 6.08 Å². The molecule has 0 fully saturated rings. The van der Waals surface area contributed by atoms with Crippen molar-refractivity contribution in [3.05, 3.63) is 106 Å². The molecule has 4 N–H and O–H groups in total. The van der Waals surface area contributed by atoms with Crippen LogP contribution in [0.25, 0.3) is 6.08 Å². The van der Waals surface area contributed by atoms with Crippen LogP contribution in [0.2, 0.25) is 5.02 Å². The molecule has 0 saturated heterocycles. The molecule has 190 valence electrons. The minimum absolute atomic E-state index is 0.00378. The summed E-state index contributed by atoms with van der Waals surface area (Å²) in [6.07, 6.45) is 2.84. The zero-order valence-electron chi connectivity index (χ0n) is 20.6. The van der Waals surface area contributed by atoms with Crippen molar-refractivity contribution in [2.45, 2.75) is 26.2 Å². The maximum atomic E-state index is 12.5. The van der Waals surface area contributed by atoms with Gasteiger partial charge in [-0.05, 0) is 77.3 Å². The van der Waals surface area contributed by atoms with Gasteiger partial charge in [-0.1, -0.05) is 62.7 Å². The van der Waals surface area contributed by atoms with Crippen LogP contribution in [0.3, 0.4) is 0 Å². The van der Waals surface area contributed by atoms with Crippen LogP contribution >= 0.6 is 23.8 Å². The Morgan fingerprint density at radius 1 is 0.811 bits per heavy atom. The van der Waals surface area contributed by atoms with E-state index in [1.54, 1.807) is 66.7 Å². The number of anilines is 1. The second-order valence-corrected chi connectivity index (χ2v) is 9.93. The number of hydrogen-bond donors (Lipinski definition) is 4. The van der Waals surface area contributed by atoms with Crippen molar-refractivity contribution in [2.24, 2.45) is 0 Å². The van der Waals surface area contributed by atoms with Crippen LogP contribution in [0.4, 0.5) is 5.69 Å². The van der Waals surface area contributed by atoms with Gasteiger partial charge in [0.05, 0.1) is 0 Å². The number of rotatable bonds is 5. The fourth-order valence-corrected chi connectivity index (χ4v) is 3.53. The summed E-state index contributed by atoms with van der Waals surface area (Å²) >= 11 is 11.1. The average molecular weight is 535 g/mol. The highest BCUT2D eigenvalue weighted by molar-refractivity contribution is 7.80. The van der Waals surface area contributed by atoms with Crippen molar-refractivity contribution in [2.75, 3.05) is 5.32 Å². The Hall–Kier alpha value is -4.01. The van der Waals surface area contributed by atoms with Gasteiger partial charge in [0.1, 0.15) is 0 Å². The number of thiocarbonyl (C=S) groups is 1. The molecule has 3 amide bonds. The normalized spacial score (nSPS) is 11.0. The number of benzene rings is 3. The van der Waals surface area contributed by atoms with Crippen LogP contribution in [0.15, 0.2) is 78.9 Å². The molecule has 0 heterocycles. The van der Waals surface area contributed by atoms with Gasteiger partial charge in [0.15, 0.2) is 5.11 Å². The zero-order valence-corrected chi connectivity index (χ0v) is 22.2. The standard InChI is InChI=1S/C28H27ClN4O3S/c1-28(2,3)21-13-8-19(9-14-21)25(35)30-22-15-10-20(11-16-22)26(36)32-33-27(37)31-24(34)17-12-18-6-4-5-7-23(18)29/h4-17H,1-3H3,(H,30,35)(H,32,36)(H2,31,33,34,37). The molecule has 0 radical (unpaired) electrons. The van der Waals surface area contributed by atoms with Gasteiger partial charge in [-0.3, -0.25) is 30.6 Å². The second kappa shape index (κ2) is 12.3. The van der Waals surface area contributed by atoms with Gasteiger partial charge < -0.3 is 5.32 Å². The lowest BCUT2D eigenvalue weighted by molar-refractivity contribution is -0.115. The van der Waals surface area contributed by atoms with E-state index in [1.807, 2.05) is 12.1 Å². The summed E-state index contributed by atoms with van der Waals surface area (Å²) in [4.78, 5) is 37.0. The molecule has 0 atom stereocenters. The Morgan fingerprint density at radius 3 is 2.03 bits per heavy atom. The van der Waals surface area contributed by atoms with Gasteiger partial charge in [-0.25, -0.2) is 0 Å². The van der Waals surface area contributed by atoms with Crippen LogP contribution < -0.4 is 21.5 Å². The van der Waals surface area contributed by atoms with Gasteiger partial charge in [-0.2, -0.15) is 0 Å². The second-order valence-electron chi connectivity index (χ2n) is 9.11. The molecule has 3 rings (SSSR count). The molecule has 0 aliphatic carbocycles. The fourth-order valence-electron chi connectivity index (χ4n) is 3.18. The van der Waals surface area contributed by atoms with Gasteiger partial charge in [0.2, 0.25) is 5.91 Å². The molecule has 0 aliphatic heterocycles. The summed E-state index contributed by atoms with van der Waals surface area (Å²) in [5.41, 5.74) is 8.12. The molecule has 0 saturated carbocycles. The first-order valence-corrected chi connectivity index (χ1v) is 12.2. The lowest BCUT2D eigenvalue weighted by Gasteiger charge is -2.19. The Bertz CT molecular complexity index is 1330. The van der Waals surface area contributed by atoms with Crippen molar-refractivity contribution in [3.8, 4) is 0 Å². The van der Waals surface area contributed by atoms with Crippen LogP contribution in [-0.2, 0) is 10.2 Å². The van der Waals surface area contributed by atoms with E-state index in [2.05, 4.69) is 42.3 Å². The monoisotopic (exact) mass is 534 g/mol. The van der Waals surface area contributed by atoms with Crippen molar-refractivity contribution >= 4 is 58.4 Å². The molecule has 0 aromatic heterocycles. The smallest absolute Gasteiger partial charge is 0.269 e. The highest BCUT2D eigenvalue weighted by Crippen LogP contribution is 2.22. The largest absolute Gasteiger partial charge is 0.322 e. The highest BCUT2D eigenvalue weighted by atomic mass is 35.5. The molecule has 3 aromatic rings. The summed E-state index contributed by atoms with van der Waals surface area (Å²) in [7, 11) is 0. The molecule has 0 aliphatic rings. The Balaban J connectivity index is 1.47. The van der Waals surface area contributed by atoms with E-state index >= 15 is 0 Å². The van der Waals surface area contributed by atoms with Gasteiger partial charge in [-0.15, -0.1) is 0 Å². The van der Waals surface area contributed by atoms with Crippen LogP contribution in [0.1, 0.15) is 52.6 Å². The predicted octanol–water partition coefficient (Wildman–Crippen LogP) is 5.24. The number of nitrogens with one attached hydrogen (secondary N) is 4. The molecule has 9 heteroatoms. The van der Waals surface area contributed by atoms with E-state index < -0.39 is 11.8 Å². The third-order valence-electron chi connectivity index (χ3n) is 5.26. The SMILES string of the molecule is CC(C)(C)c1ccc(C(=O)Nc2ccc(C(=O)NNC(=S)NC(=O)C=Cc3ccccc3Cl)cc2)cc1. The first-order chi connectivity index (χ1) is 17.5. The minimum Gasteiger partial charge on any atom is -0.322 e. The fraction of sp³-hybridized carbons (Fsp3) is 0.143. The topological polar surface area (TPSA) is 99.3 Å². The van der Waals surface area contributed by atoms with Gasteiger partial charge in [0.25, 0.3) is 11.8 Å². The molecule has 0 spiro atoms. The highest BCUT2D eigenvalue weighted by Gasteiger charge is 2.14. The maximum absolute atomic E-state index is 12.5. The summed E-state index contributed by atoms with van der Waals surface area (Å²) in [6.45, 7) is 6.33. The number of carbonyl (C=O) groups excluding carboxylic acids is 3. The molecule has 0 bridgehead atoms. The van der Waals surface area contributed by atoms with E-state index in [0.29, 0.717) is 27.4 Å². The lowest BCUT2D eigenvalue weighted by atomic mass is 9.87. The van der Waals surface area contributed by atoms with E-state index in [9.17, 15) is 14.4 Å². The average Bonchev–Trinajstić information content (AvgIpc) is 2.87. The Morgan fingerprint density at radius 2 is 1.41 bits per heavy atom. The first-order valence-electron chi connectivity index (χ1n) is 11.4. The number of halogens is 1. The molecule has 0 unspecified atom stereocenters. The molecular weight excluding hydrogens is 508 g/mol. The zero-order chi connectivity index (χ0) is 27.0. The maximum Gasteiger partial charge on any atom is 0.269 e. The summed E-state index contributed by atoms with van der Waals surface area (Å²) in [5, 5.41) is 5.67. The van der Waals surface area contributed by atoms with Crippen molar-refractivity contribution in [1.82, 2.24) is 16.2 Å². The quantitative estimate of drug-likeness (QED) is 0.204. The van der Waals surface area contributed by atoms with Crippen molar-refractivity contribution < 1.29 is 14.4 Å². The summed E-state index contributed by atoms with van der Waals surface area (Å²) in [5.74, 6) is -1.21. The van der Waals surface area contributed by atoms with Crippen molar-refractivity contribution in [1.29, 1.82) is 0 Å². The number of amides is 3. The Labute approximate surface area is 226 Å². The third-order valence-corrected chi connectivity index (χ3v) is 5.81. The molecular formula is C28H27ClN4O3S. The molecule has 3 aromatic carbocycles. The van der Waals surface area contributed by atoms with E-state index in [-0.39, 0.29) is 16.4 Å². The Kier molecular flexibility index (Phi) is 9.16. The van der Waals surface area contributed by atoms with Gasteiger partial charge >= 0.3 is 0 Å². The molecule has 37 heavy (non-hydrogen) atoms. The predicted molar refractivity (Wildman–Crippen MR) is 151 cm³/mol. The number of hydrogen-bond acceptors (Lipinski definition) is 4. The van der Waals surface area contributed by atoms with Crippen molar-refractivity contribution in [3.63, 3.8) is 0 Å².